The first-order chi connectivity index (χ1) is 11.1. The quantitative estimate of drug-likeness (QED) is 0.562. The number of benzene rings is 1. The van der Waals surface area contributed by atoms with E-state index in [4.69, 9.17) is 0 Å². The van der Waals surface area contributed by atoms with Crippen LogP contribution in [0.25, 0.3) is 5.57 Å². The maximum absolute atomic E-state index is 11.7. The van der Waals surface area contributed by atoms with E-state index < -0.39 is 11.2 Å². The van der Waals surface area contributed by atoms with Gasteiger partial charge in [0, 0.05) is 19.0 Å². The lowest BCUT2D eigenvalue weighted by atomic mass is 10.1. The fraction of sp³-hybridized carbons (Fsp3) is 0.200. The zero-order valence-electron chi connectivity index (χ0n) is 12.6. The van der Waals surface area contributed by atoms with Crippen molar-refractivity contribution in [3.8, 4) is 0 Å². The number of carbonyl (C=O) groups is 1. The molecule has 8 heteroatoms. The lowest BCUT2D eigenvalue weighted by molar-refractivity contribution is -0.121. The van der Waals surface area contributed by atoms with Crippen LogP contribution in [0.5, 0.6) is 0 Å². The number of hydrogen-bond acceptors (Lipinski definition) is 5. The minimum atomic E-state index is -0.675. The van der Waals surface area contributed by atoms with Crippen LogP contribution in [0.1, 0.15) is 24.6 Å². The predicted molar refractivity (Wildman–Crippen MR) is 85.2 cm³/mol. The summed E-state index contributed by atoms with van der Waals surface area (Å²) in [5.74, 6) is -0.297. The number of aromatic amines is 2. The summed E-state index contributed by atoms with van der Waals surface area (Å²) >= 11 is 0. The summed E-state index contributed by atoms with van der Waals surface area (Å²) in [7, 11) is 0. The van der Waals surface area contributed by atoms with Crippen LogP contribution >= 0.6 is 0 Å². The van der Waals surface area contributed by atoms with Gasteiger partial charge < -0.3 is 5.43 Å². The molecule has 0 aliphatic heterocycles. The maximum Gasteiger partial charge on any atom is 0.342 e. The van der Waals surface area contributed by atoms with Crippen molar-refractivity contribution in [1.29, 1.82) is 0 Å². The Labute approximate surface area is 131 Å². The second kappa shape index (κ2) is 7.74. The van der Waals surface area contributed by atoms with E-state index in [2.05, 4.69) is 26.0 Å². The fourth-order valence-electron chi connectivity index (χ4n) is 1.85. The van der Waals surface area contributed by atoms with Crippen molar-refractivity contribution in [1.82, 2.24) is 26.0 Å². The molecule has 0 radical (unpaired) electrons. The number of carbonyl (C=O) groups excluding carboxylic acids is 1. The number of amides is 1. The molecule has 2 aromatic rings. The van der Waals surface area contributed by atoms with Gasteiger partial charge in [0.05, 0.1) is 0 Å². The monoisotopic (exact) mass is 315 g/mol. The number of H-pyrrole nitrogens is 2. The molecule has 1 aromatic heterocycles. The number of rotatable bonds is 6. The molecule has 0 spiro atoms. The zero-order valence-corrected chi connectivity index (χ0v) is 12.6. The van der Waals surface area contributed by atoms with E-state index in [1.165, 1.54) is 0 Å². The summed E-state index contributed by atoms with van der Waals surface area (Å²) < 4.78 is 0. The van der Waals surface area contributed by atoms with Crippen molar-refractivity contribution in [2.24, 2.45) is 0 Å². The zero-order chi connectivity index (χ0) is 16.7. The Morgan fingerprint density at radius 2 is 2.00 bits per heavy atom. The summed E-state index contributed by atoms with van der Waals surface area (Å²) in [6, 6.07) is 9.71. The summed E-state index contributed by atoms with van der Waals surface area (Å²) in [5.41, 5.74) is 6.07. The molecule has 23 heavy (non-hydrogen) atoms. The van der Waals surface area contributed by atoms with Gasteiger partial charge in [-0.1, -0.05) is 30.3 Å². The van der Waals surface area contributed by atoms with E-state index in [0.717, 1.165) is 11.1 Å². The third-order valence-electron chi connectivity index (χ3n) is 3.10. The smallest absolute Gasteiger partial charge is 0.306 e. The highest BCUT2D eigenvalue weighted by atomic mass is 16.2. The van der Waals surface area contributed by atoms with Crippen LogP contribution in [0.2, 0.25) is 0 Å². The Bertz CT molecular complexity index is 808. The van der Waals surface area contributed by atoms with Crippen molar-refractivity contribution in [2.75, 3.05) is 0 Å². The van der Waals surface area contributed by atoms with Crippen molar-refractivity contribution in [3.63, 3.8) is 0 Å². The van der Waals surface area contributed by atoms with Gasteiger partial charge in [0.15, 0.2) is 0 Å². The van der Waals surface area contributed by atoms with Gasteiger partial charge in [-0.25, -0.2) is 9.89 Å². The molecule has 1 amide bonds. The van der Waals surface area contributed by atoms with Crippen molar-refractivity contribution >= 4 is 11.5 Å². The third-order valence-corrected chi connectivity index (χ3v) is 3.10. The first-order valence-electron chi connectivity index (χ1n) is 7.00. The predicted octanol–water partition coefficient (Wildman–Crippen LogP) is 0.0726. The molecule has 0 fully saturated rings. The number of aryl methyl sites for hydroxylation is 1. The molecule has 0 bridgehead atoms. The number of hydrazine groups is 1. The topological polar surface area (TPSA) is 120 Å². The number of aromatic nitrogens is 3. The average Bonchev–Trinajstić information content (AvgIpc) is 2.54. The molecular weight excluding hydrogens is 298 g/mol. The summed E-state index contributed by atoms with van der Waals surface area (Å²) in [6.07, 6.45) is 1.87. The second-order valence-electron chi connectivity index (χ2n) is 4.84. The third kappa shape index (κ3) is 4.95. The van der Waals surface area contributed by atoms with Gasteiger partial charge in [-0.15, -0.1) is 0 Å². The van der Waals surface area contributed by atoms with E-state index in [1.807, 2.05) is 37.3 Å². The van der Waals surface area contributed by atoms with Crippen LogP contribution in [0.15, 0.2) is 46.1 Å². The molecule has 0 unspecified atom stereocenters. The van der Waals surface area contributed by atoms with Crippen LogP contribution in [-0.2, 0) is 11.2 Å². The number of nitrogens with zero attached hydrogens (tertiary/aromatic N) is 1. The average molecular weight is 315 g/mol. The lowest BCUT2D eigenvalue weighted by Crippen LogP contribution is -2.34. The van der Waals surface area contributed by atoms with E-state index in [-0.39, 0.29) is 24.4 Å². The highest BCUT2D eigenvalue weighted by molar-refractivity contribution is 5.76. The van der Waals surface area contributed by atoms with Crippen LogP contribution in [0.3, 0.4) is 0 Å². The standard InChI is InChI=1S/C15H17N5O3/c1-10(11-5-3-2-4-6-11)9-16-19-13(21)8-7-12-14(22)17-15(23)20-18-12/h2-6,9,16H,7-8H2,1H3,(H,19,21)(H2,17,20,22,23). The summed E-state index contributed by atoms with van der Waals surface area (Å²) in [4.78, 5) is 36.0. The van der Waals surface area contributed by atoms with Gasteiger partial charge in [0.2, 0.25) is 5.91 Å². The Morgan fingerprint density at radius 1 is 1.26 bits per heavy atom. The minimum absolute atomic E-state index is 0.0628. The Morgan fingerprint density at radius 3 is 2.70 bits per heavy atom. The number of hydrogen-bond donors (Lipinski definition) is 4. The van der Waals surface area contributed by atoms with Gasteiger partial charge >= 0.3 is 5.69 Å². The van der Waals surface area contributed by atoms with Crippen molar-refractivity contribution in [3.05, 3.63) is 68.6 Å². The highest BCUT2D eigenvalue weighted by Gasteiger charge is 2.06. The molecule has 2 rings (SSSR count). The normalized spacial score (nSPS) is 11.1. The summed E-state index contributed by atoms with van der Waals surface area (Å²) in [5, 5.41) is 5.73. The first-order valence-corrected chi connectivity index (χ1v) is 7.00. The SMILES string of the molecule is CC(=CNNC(=O)CCc1n[nH]c(=O)[nH]c1=O)c1ccccc1. The van der Waals surface area contributed by atoms with Crippen LogP contribution in [-0.4, -0.2) is 21.1 Å². The molecule has 1 heterocycles. The molecule has 0 atom stereocenters. The van der Waals surface area contributed by atoms with Gasteiger partial charge in [-0.05, 0) is 18.1 Å². The maximum atomic E-state index is 11.7. The molecule has 1 aromatic carbocycles. The van der Waals surface area contributed by atoms with E-state index in [1.54, 1.807) is 6.20 Å². The fourth-order valence-corrected chi connectivity index (χ4v) is 1.85. The summed E-state index contributed by atoms with van der Waals surface area (Å²) in [6.45, 7) is 1.91. The van der Waals surface area contributed by atoms with E-state index >= 15 is 0 Å². The minimum Gasteiger partial charge on any atom is -0.306 e. The van der Waals surface area contributed by atoms with Crippen LogP contribution in [0, 0.1) is 0 Å². The Balaban J connectivity index is 1.81. The lowest BCUT2D eigenvalue weighted by Gasteiger charge is -2.06. The largest absolute Gasteiger partial charge is 0.342 e. The molecule has 8 nitrogen and oxygen atoms in total. The van der Waals surface area contributed by atoms with Crippen LogP contribution in [0.4, 0.5) is 0 Å². The van der Waals surface area contributed by atoms with Gasteiger partial charge in [-0.2, -0.15) is 5.10 Å². The van der Waals surface area contributed by atoms with Crippen LogP contribution < -0.4 is 22.1 Å². The Kier molecular flexibility index (Phi) is 5.45. The first kappa shape index (κ1) is 16.2. The van der Waals surface area contributed by atoms with Crippen molar-refractivity contribution in [2.45, 2.75) is 19.8 Å². The molecule has 0 saturated carbocycles. The van der Waals surface area contributed by atoms with E-state index in [9.17, 15) is 14.4 Å². The van der Waals surface area contributed by atoms with Gasteiger partial charge in [-0.3, -0.25) is 20.0 Å². The second-order valence-corrected chi connectivity index (χ2v) is 4.84. The molecular formula is C15H17N5O3. The number of allylic oxidation sites excluding steroid dienone is 1. The molecule has 0 aliphatic carbocycles. The van der Waals surface area contributed by atoms with Crippen molar-refractivity contribution < 1.29 is 4.79 Å². The van der Waals surface area contributed by atoms with E-state index in [0.29, 0.717) is 0 Å². The highest BCUT2D eigenvalue weighted by Crippen LogP contribution is 2.10. The molecule has 0 aliphatic rings. The molecule has 120 valence electrons. The van der Waals surface area contributed by atoms with Gasteiger partial charge in [0.1, 0.15) is 5.69 Å². The molecule has 0 saturated heterocycles. The Hall–Kier alpha value is -3.16. The number of nitrogens with one attached hydrogen (secondary N) is 4. The van der Waals surface area contributed by atoms with Gasteiger partial charge in [0.25, 0.3) is 5.56 Å². The molecule has 4 N–H and O–H groups in total.